The summed E-state index contributed by atoms with van der Waals surface area (Å²) >= 11 is 0. The molecule has 7 nitrogen and oxygen atoms in total. The number of ether oxygens (including phenoxy) is 1. The number of nitrogens with two attached hydrogens (primary N) is 2. The van der Waals surface area contributed by atoms with Crippen LogP contribution < -0.4 is 16.2 Å². The molecular formula is C24H23N5O2. The fourth-order valence-corrected chi connectivity index (χ4v) is 4.19. The summed E-state index contributed by atoms with van der Waals surface area (Å²) in [6.07, 6.45) is 5.71. The fraction of sp³-hybridized carbons (Fsp3) is 0.208. The summed E-state index contributed by atoms with van der Waals surface area (Å²) in [4.78, 5) is 21.5. The zero-order chi connectivity index (χ0) is 21.4. The third kappa shape index (κ3) is 3.18. The van der Waals surface area contributed by atoms with Gasteiger partial charge in [0.2, 0.25) is 5.91 Å². The van der Waals surface area contributed by atoms with Crippen LogP contribution in [0.15, 0.2) is 67.0 Å². The number of anilines is 1. The van der Waals surface area contributed by atoms with Crippen LogP contribution in [0.1, 0.15) is 30.7 Å². The highest BCUT2D eigenvalue weighted by atomic mass is 16.5. The maximum absolute atomic E-state index is 12.4. The Labute approximate surface area is 179 Å². The minimum atomic E-state index is -0.767. The van der Waals surface area contributed by atoms with Gasteiger partial charge in [0.15, 0.2) is 0 Å². The van der Waals surface area contributed by atoms with E-state index in [2.05, 4.69) is 4.98 Å². The van der Waals surface area contributed by atoms with Gasteiger partial charge in [-0.2, -0.15) is 0 Å². The second kappa shape index (κ2) is 7.43. The molecule has 5 rings (SSSR count). The van der Waals surface area contributed by atoms with Crippen LogP contribution >= 0.6 is 0 Å². The molecule has 1 aliphatic rings. The van der Waals surface area contributed by atoms with E-state index in [4.69, 9.17) is 21.2 Å². The standard InChI is InChI=1S/C24H23N5O2/c25-21-20-19(17-8-4-9-18(14-17)31-15-16-6-2-1-3-7-16)28-23(29(20)13-12-27-21)24(22(26)30)10-5-11-24/h1-4,6-9,12-14H,5,10-11,15H2,(H2,25,27)(H2,26,30). The van der Waals surface area contributed by atoms with Gasteiger partial charge < -0.3 is 16.2 Å². The molecule has 4 N–H and O–H groups in total. The Morgan fingerprint density at radius 2 is 1.94 bits per heavy atom. The molecule has 2 aromatic heterocycles. The lowest BCUT2D eigenvalue weighted by Crippen LogP contribution is -2.48. The summed E-state index contributed by atoms with van der Waals surface area (Å²) < 4.78 is 7.85. The number of hydrogen-bond donors (Lipinski definition) is 2. The molecule has 7 heteroatoms. The molecule has 1 saturated carbocycles. The number of amides is 1. The summed E-state index contributed by atoms with van der Waals surface area (Å²) in [6.45, 7) is 0.466. The first kappa shape index (κ1) is 19.1. The van der Waals surface area contributed by atoms with Crippen molar-refractivity contribution in [3.8, 4) is 17.0 Å². The molecule has 0 atom stereocenters. The van der Waals surface area contributed by atoms with Gasteiger partial charge in [0.05, 0.1) is 0 Å². The van der Waals surface area contributed by atoms with E-state index in [0.717, 1.165) is 23.3 Å². The molecule has 0 saturated heterocycles. The van der Waals surface area contributed by atoms with Crippen molar-refractivity contribution in [2.45, 2.75) is 31.3 Å². The molecule has 0 aliphatic heterocycles. The van der Waals surface area contributed by atoms with Crippen molar-refractivity contribution in [1.29, 1.82) is 0 Å². The maximum atomic E-state index is 12.4. The Bertz CT molecular complexity index is 1260. The SMILES string of the molecule is NC(=O)C1(c2nc(-c3cccc(OCc4ccccc4)c3)c3c(N)nccn23)CCC1. The van der Waals surface area contributed by atoms with Crippen molar-refractivity contribution in [1.82, 2.24) is 14.4 Å². The summed E-state index contributed by atoms with van der Waals surface area (Å²) in [7, 11) is 0. The minimum Gasteiger partial charge on any atom is -0.489 e. The largest absolute Gasteiger partial charge is 0.489 e. The summed E-state index contributed by atoms with van der Waals surface area (Å²) in [5.41, 5.74) is 14.5. The van der Waals surface area contributed by atoms with Crippen molar-refractivity contribution in [3.05, 3.63) is 78.4 Å². The number of benzene rings is 2. The number of imidazole rings is 1. The number of nitrogen functional groups attached to an aromatic ring is 1. The highest BCUT2D eigenvalue weighted by Crippen LogP contribution is 2.45. The molecule has 2 heterocycles. The molecule has 0 bridgehead atoms. The second-order valence-electron chi connectivity index (χ2n) is 7.92. The number of rotatable bonds is 6. The van der Waals surface area contributed by atoms with Gasteiger partial charge in [-0.1, -0.05) is 48.9 Å². The zero-order valence-electron chi connectivity index (χ0n) is 17.0. The molecule has 0 unspecified atom stereocenters. The number of carbonyl (C=O) groups excluding carboxylic acids is 1. The predicted octanol–water partition coefficient (Wildman–Crippen LogP) is 3.46. The summed E-state index contributed by atoms with van der Waals surface area (Å²) in [5.74, 6) is 1.35. The first-order valence-corrected chi connectivity index (χ1v) is 10.3. The van der Waals surface area contributed by atoms with E-state index in [-0.39, 0.29) is 5.91 Å². The van der Waals surface area contributed by atoms with Gasteiger partial charge in [0, 0.05) is 18.0 Å². The lowest BCUT2D eigenvalue weighted by atomic mass is 9.67. The van der Waals surface area contributed by atoms with E-state index in [0.29, 0.717) is 42.3 Å². The van der Waals surface area contributed by atoms with E-state index in [1.807, 2.05) is 59.0 Å². The first-order valence-electron chi connectivity index (χ1n) is 10.3. The lowest BCUT2D eigenvalue weighted by Gasteiger charge is -2.37. The van der Waals surface area contributed by atoms with Crippen LogP contribution in [0.25, 0.3) is 16.8 Å². The second-order valence-corrected chi connectivity index (χ2v) is 7.92. The Balaban J connectivity index is 1.57. The van der Waals surface area contributed by atoms with Crippen molar-refractivity contribution in [3.63, 3.8) is 0 Å². The first-order chi connectivity index (χ1) is 15.1. The Morgan fingerprint density at radius 3 is 2.65 bits per heavy atom. The number of hydrogen-bond acceptors (Lipinski definition) is 5. The molecule has 0 radical (unpaired) electrons. The summed E-state index contributed by atoms with van der Waals surface area (Å²) in [6, 6.07) is 17.7. The minimum absolute atomic E-state index is 0.353. The molecule has 31 heavy (non-hydrogen) atoms. The normalized spacial score (nSPS) is 14.8. The van der Waals surface area contributed by atoms with Crippen LogP contribution in [0.5, 0.6) is 5.75 Å². The Kier molecular flexibility index (Phi) is 4.58. The number of fused-ring (bicyclic) bond motifs is 1. The predicted molar refractivity (Wildman–Crippen MR) is 118 cm³/mol. The van der Waals surface area contributed by atoms with Crippen LogP contribution in [-0.2, 0) is 16.8 Å². The Hall–Kier alpha value is -3.87. The molecule has 2 aromatic carbocycles. The van der Waals surface area contributed by atoms with Gasteiger partial charge in [-0.05, 0) is 30.5 Å². The topological polar surface area (TPSA) is 109 Å². The van der Waals surface area contributed by atoms with Gasteiger partial charge in [-0.3, -0.25) is 9.20 Å². The number of nitrogens with zero attached hydrogens (tertiary/aromatic N) is 3. The third-order valence-corrected chi connectivity index (χ3v) is 6.05. The van der Waals surface area contributed by atoms with Gasteiger partial charge >= 0.3 is 0 Å². The Morgan fingerprint density at radius 1 is 1.13 bits per heavy atom. The lowest BCUT2D eigenvalue weighted by molar-refractivity contribution is -0.126. The van der Waals surface area contributed by atoms with Crippen LogP contribution in [0.4, 0.5) is 5.82 Å². The maximum Gasteiger partial charge on any atom is 0.231 e. The summed E-state index contributed by atoms with van der Waals surface area (Å²) in [5, 5.41) is 0. The van der Waals surface area contributed by atoms with E-state index >= 15 is 0 Å². The van der Waals surface area contributed by atoms with Crippen LogP contribution in [0, 0.1) is 0 Å². The molecule has 0 spiro atoms. The molecule has 1 fully saturated rings. The van der Waals surface area contributed by atoms with E-state index in [9.17, 15) is 4.79 Å². The van der Waals surface area contributed by atoms with Gasteiger partial charge in [0.1, 0.15) is 40.6 Å². The van der Waals surface area contributed by atoms with E-state index in [1.54, 1.807) is 12.4 Å². The monoisotopic (exact) mass is 413 g/mol. The number of carbonyl (C=O) groups is 1. The van der Waals surface area contributed by atoms with Crippen molar-refractivity contribution >= 4 is 17.2 Å². The van der Waals surface area contributed by atoms with E-state index < -0.39 is 5.41 Å². The molecule has 1 aliphatic carbocycles. The van der Waals surface area contributed by atoms with Gasteiger partial charge in [-0.25, -0.2) is 9.97 Å². The van der Waals surface area contributed by atoms with Crippen LogP contribution in [-0.4, -0.2) is 20.3 Å². The van der Waals surface area contributed by atoms with Crippen LogP contribution in [0.2, 0.25) is 0 Å². The molecular weight excluding hydrogens is 390 g/mol. The quantitative estimate of drug-likeness (QED) is 0.503. The zero-order valence-corrected chi connectivity index (χ0v) is 17.0. The number of primary amides is 1. The highest BCUT2D eigenvalue weighted by Gasteiger charge is 2.48. The fourth-order valence-electron chi connectivity index (χ4n) is 4.19. The average Bonchev–Trinajstić information content (AvgIpc) is 3.13. The van der Waals surface area contributed by atoms with Crippen molar-refractivity contribution < 1.29 is 9.53 Å². The van der Waals surface area contributed by atoms with Gasteiger partial charge in [0.25, 0.3) is 0 Å². The van der Waals surface area contributed by atoms with Crippen LogP contribution in [0.3, 0.4) is 0 Å². The average molecular weight is 413 g/mol. The van der Waals surface area contributed by atoms with Crippen molar-refractivity contribution in [2.75, 3.05) is 5.73 Å². The van der Waals surface area contributed by atoms with E-state index in [1.165, 1.54) is 0 Å². The molecule has 1 amide bonds. The molecule has 156 valence electrons. The van der Waals surface area contributed by atoms with Gasteiger partial charge in [-0.15, -0.1) is 0 Å². The number of aromatic nitrogens is 3. The molecule has 4 aromatic rings. The third-order valence-electron chi connectivity index (χ3n) is 6.05. The highest BCUT2D eigenvalue weighted by molar-refractivity contribution is 5.90. The van der Waals surface area contributed by atoms with Crippen molar-refractivity contribution in [2.24, 2.45) is 5.73 Å². The smallest absolute Gasteiger partial charge is 0.231 e.